The van der Waals surface area contributed by atoms with Crippen molar-refractivity contribution in [1.29, 1.82) is 0 Å². The number of ether oxygens (including phenoxy) is 1. The van der Waals surface area contributed by atoms with Crippen LogP contribution >= 0.6 is 0 Å². The first-order valence-corrected chi connectivity index (χ1v) is 7.53. The Bertz CT molecular complexity index is 332. The minimum atomic E-state index is -1.89. The molecule has 10 heteroatoms. The molecule has 0 spiro atoms. The van der Waals surface area contributed by atoms with Crippen molar-refractivity contribution in [3.63, 3.8) is 0 Å². The third kappa shape index (κ3) is 11.0. The van der Waals surface area contributed by atoms with Crippen molar-refractivity contribution >= 4 is 11.9 Å². The van der Waals surface area contributed by atoms with Crippen LogP contribution in [-0.2, 0) is 14.3 Å². The van der Waals surface area contributed by atoms with Gasteiger partial charge in [-0.15, -0.1) is 0 Å². The largest absolute Gasteiger partial charge is 0.467 e. The zero-order valence-electron chi connectivity index (χ0n) is 13.4. The van der Waals surface area contributed by atoms with Gasteiger partial charge in [-0.2, -0.15) is 0 Å². The van der Waals surface area contributed by atoms with Gasteiger partial charge in [0.25, 0.3) is 5.91 Å². The monoisotopic (exact) mass is 334 g/mol. The summed E-state index contributed by atoms with van der Waals surface area (Å²) < 4.78 is 4.23. The number of hydrogen-bond acceptors (Lipinski definition) is 8. The van der Waals surface area contributed by atoms with Gasteiger partial charge in [-0.25, -0.2) is 4.79 Å². The standard InChI is InChI=1S/C13H28N5O5/c1-23-13(22)11(20)10(19)12(21)18-9-8-17-7-6-16-5-4-15-3-2-14/h10-11,14-17,19-20H,2-9H2,1H3,(H,18,21)/t10-,11-/m1/s1. The minimum absolute atomic E-state index is 0.259. The summed E-state index contributed by atoms with van der Waals surface area (Å²) in [4.78, 5) is 22.4. The molecule has 0 unspecified atom stereocenters. The second-order valence-corrected chi connectivity index (χ2v) is 4.70. The molecule has 0 aliphatic heterocycles. The molecule has 0 aromatic heterocycles. The molecule has 2 atom stereocenters. The normalized spacial score (nSPS) is 13.4. The highest BCUT2D eigenvalue weighted by molar-refractivity contribution is 5.88. The summed E-state index contributed by atoms with van der Waals surface area (Å²) in [5.74, 6) is -1.89. The zero-order valence-corrected chi connectivity index (χ0v) is 13.4. The first kappa shape index (κ1) is 21.7. The molecule has 1 amide bonds. The number of carbonyl (C=O) groups excluding carboxylic acids is 2. The van der Waals surface area contributed by atoms with E-state index in [4.69, 9.17) is 5.73 Å². The molecule has 0 rings (SSSR count). The molecule has 0 aliphatic rings. The van der Waals surface area contributed by atoms with Crippen LogP contribution in [0.3, 0.4) is 0 Å². The third-order valence-corrected chi connectivity index (χ3v) is 2.87. The predicted molar refractivity (Wildman–Crippen MR) is 83.6 cm³/mol. The Morgan fingerprint density at radius 1 is 0.913 bits per heavy atom. The lowest BCUT2D eigenvalue weighted by Gasteiger charge is -2.15. The van der Waals surface area contributed by atoms with Crippen LogP contribution in [0.15, 0.2) is 0 Å². The second-order valence-electron chi connectivity index (χ2n) is 4.70. The fourth-order valence-corrected chi connectivity index (χ4v) is 1.59. The van der Waals surface area contributed by atoms with E-state index in [9.17, 15) is 19.8 Å². The number of aliphatic hydroxyl groups excluding tert-OH is 2. The number of rotatable bonds is 14. The molecule has 0 aromatic rings. The van der Waals surface area contributed by atoms with Gasteiger partial charge in [0.1, 0.15) is 0 Å². The molecule has 0 aliphatic carbocycles. The van der Waals surface area contributed by atoms with E-state index in [1.165, 1.54) is 0 Å². The molecule has 0 saturated carbocycles. The molecule has 0 fully saturated rings. The molecular formula is C13H28N5O5. The summed E-state index contributed by atoms with van der Waals surface area (Å²) in [6, 6.07) is 0. The molecular weight excluding hydrogens is 306 g/mol. The molecule has 135 valence electrons. The number of methoxy groups -OCH3 is 1. The van der Waals surface area contributed by atoms with Crippen LogP contribution in [0.4, 0.5) is 0 Å². The fraction of sp³-hybridized carbons (Fsp3) is 0.846. The fourth-order valence-electron chi connectivity index (χ4n) is 1.59. The molecule has 0 heterocycles. The van der Waals surface area contributed by atoms with E-state index in [0.29, 0.717) is 26.2 Å². The van der Waals surface area contributed by atoms with E-state index in [-0.39, 0.29) is 6.54 Å². The first-order valence-electron chi connectivity index (χ1n) is 7.53. The molecule has 10 nitrogen and oxygen atoms in total. The van der Waals surface area contributed by atoms with Gasteiger partial charge in [0.05, 0.1) is 7.11 Å². The van der Waals surface area contributed by atoms with Crippen molar-refractivity contribution < 1.29 is 24.5 Å². The lowest BCUT2D eigenvalue weighted by Crippen LogP contribution is -2.47. The van der Waals surface area contributed by atoms with Gasteiger partial charge in [-0.05, 0) is 0 Å². The quantitative estimate of drug-likeness (QED) is 0.139. The average molecular weight is 334 g/mol. The maximum absolute atomic E-state index is 11.5. The Hall–Kier alpha value is -1.30. The van der Waals surface area contributed by atoms with Crippen molar-refractivity contribution in [2.45, 2.75) is 12.2 Å². The Balaban J connectivity index is 3.50. The van der Waals surface area contributed by atoms with Crippen molar-refractivity contribution in [1.82, 2.24) is 27.0 Å². The highest BCUT2D eigenvalue weighted by Gasteiger charge is 2.30. The van der Waals surface area contributed by atoms with Crippen molar-refractivity contribution in [2.75, 3.05) is 59.5 Å². The minimum Gasteiger partial charge on any atom is -0.467 e. The van der Waals surface area contributed by atoms with Gasteiger partial charge < -0.3 is 36.2 Å². The van der Waals surface area contributed by atoms with Crippen LogP contribution in [0.1, 0.15) is 0 Å². The Labute approximate surface area is 136 Å². The third-order valence-electron chi connectivity index (χ3n) is 2.87. The van der Waals surface area contributed by atoms with E-state index in [2.05, 4.69) is 26.0 Å². The maximum atomic E-state index is 11.5. The highest BCUT2D eigenvalue weighted by atomic mass is 16.5. The number of carbonyl (C=O) groups is 2. The predicted octanol–water partition coefficient (Wildman–Crippen LogP) is -3.95. The molecule has 0 aromatic carbocycles. The van der Waals surface area contributed by atoms with E-state index >= 15 is 0 Å². The number of nitrogens with one attached hydrogen (secondary N) is 5. The highest BCUT2D eigenvalue weighted by Crippen LogP contribution is 1.96. The average Bonchev–Trinajstić information content (AvgIpc) is 2.57. The van der Waals surface area contributed by atoms with E-state index in [1.807, 2.05) is 0 Å². The number of amides is 1. The van der Waals surface area contributed by atoms with Gasteiger partial charge >= 0.3 is 5.97 Å². The van der Waals surface area contributed by atoms with E-state index < -0.39 is 24.1 Å². The Morgan fingerprint density at radius 3 is 1.87 bits per heavy atom. The summed E-state index contributed by atoms with van der Waals surface area (Å²) in [7, 11) is 1.06. The van der Waals surface area contributed by atoms with Gasteiger partial charge in [-0.3, -0.25) is 10.5 Å². The lowest BCUT2D eigenvalue weighted by molar-refractivity contribution is -0.161. The summed E-state index contributed by atoms with van der Waals surface area (Å²) in [6.07, 6.45) is -3.74. The van der Waals surface area contributed by atoms with Crippen LogP contribution in [0.5, 0.6) is 0 Å². The first-order chi connectivity index (χ1) is 11.0. The van der Waals surface area contributed by atoms with Gasteiger partial charge in [0.2, 0.25) is 0 Å². The summed E-state index contributed by atoms with van der Waals surface area (Å²) >= 11 is 0. The van der Waals surface area contributed by atoms with Crippen LogP contribution in [0.25, 0.3) is 0 Å². The Morgan fingerprint density at radius 2 is 1.39 bits per heavy atom. The SMILES string of the molecule is COC(=O)[C@H](O)[C@@H](O)C(=O)NCCNCCNCCNCC[NH]. The van der Waals surface area contributed by atoms with Crippen molar-refractivity contribution in [2.24, 2.45) is 0 Å². The summed E-state index contributed by atoms with van der Waals surface area (Å²) in [6.45, 7) is 4.92. The molecule has 1 radical (unpaired) electrons. The second kappa shape index (κ2) is 14.3. The van der Waals surface area contributed by atoms with Crippen LogP contribution < -0.4 is 27.0 Å². The van der Waals surface area contributed by atoms with E-state index in [1.54, 1.807) is 0 Å². The smallest absolute Gasteiger partial charge is 0.338 e. The molecule has 0 bridgehead atoms. The van der Waals surface area contributed by atoms with Gasteiger partial charge in [-0.1, -0.05) is 0 Å². The zero-order chi connectivity index (χ0) is 17.5. The lowest BCUT2D eigenvalue weighted by atomic mass is 10.2. The molecule has 0 saturated heterocycles. The Kier molecular flexibility index (Phi) is 13.5. The number of hydrogen-bond donors (Lipinski definition) is 6. The van der Waals surface area contributed by atoms with Crippen molar-refractivity contribution in [3.8, 4) is 0 Å². The van der Waals surface area contributed by atoms with Crippen LogP contribution in [-0.4, -0.2) is 93.8 Å². The van der Waals surface area contributed by atoms with Gasteiger partial charge in [0, 0.05) is 52.4 Å². The van der Waals surface area contributed by atoms with Crippen molar-refractivity contribution in [3.05, 3.63) is 0 Å². The van der Waals surface area contributed by atoms with Crippen LogP contribution in [0, 0.1) is 0 Å². The maximum Gasteiger partial charge on any atom is 0.338 e. The molecule has 7 N–H and O–H groups in total. The van der Waals surface area contributed by atoms with Crippen LogP contribution in [0.2, 0.25) is 0 Å². The summed E-state index contributed by atoms with van der Waals surface area (Å²) in [5, 5.41) is 30.5. The number of esters is 1. The van der Waals surface area contributed by atoms with E-state index in [0.717, 1.165) is 26.7 Å². The summed E-state index contributed by atoms with van der Waals surface area (Å²) in [5.41, 5.74) is 6.95. The molecule has 23 heavy (non-hydrogen) atoms. The number of aliphatic hydroxyl groups is 2. The van der Waals surface area contributed by atoms with Gasteiger partial charge in [0.15, 0.2) is 12.2 Å². The topological polar surface area (TPSA) is 156 Å².